The third kappa shape index (κ3) is 4.18. The van der Waals surface area contributed by atoms with E-state index in [2.05, 4.69) is 22.6 Å². The van der Waals surface area contributed by atoms with E-state index >= 15 is 0 Å². The zero-order valence-electron chi connectivity index (χ0n) is 10.7. The number of nitrogens with zero attached hydrogens (tertiary/aromatic N) is 1. The summed E-state index contributed by atoms with van der Waals surface area (Å²) in [7, 11) is 0. The van der Waals surface area contributed by atoms with Gasteiger partial charge >= 0.3 is 6.09 Å². The van der Waals surface area contributed by atoms with Gasteiger partial charge in [0.15, 0.2) is 0 Å². The summed E-state index contributed by atoms with van der Waals surface area (Å²) in [5.41, 5.74) is 0.426. The van der Waals surface area contributed by atoms with Crippen molar-refractivity contribution in [2.75, 3.05) is 11.4 Å². The van der Waals surface area contributed by atoms with Gasteiger partial charge in [0.2, 0.25) is 0 Å². The van der Waals surface area contributed by atoms with Crippen molar-refractivity contribution >= 4 is 34.4 Å². The third-order valence-corrected chi connectivity index (χ3v) is 2.99. The van der Waals surface area contributed by atoms with Crippen LogP contribution in [0.25, 0.3) is 0 Å². The summed E-state index contributed by atoms with van der Waals surface area (Å²) < 4.78 is 6.42. The van der Waals surface area contributed by atoms with Crippen molar-refractivity contribution in [3.05, 3.63) is 27.8 Å². The first-order chi connectivity index (χ1) is 7.85. The van der Waals surface area contributed by atoms with Crippen molar-refractivity contribution in [1.29, 1.82) is 0 Å². The van der Waals surface area contributed by atoms with Crippen molar-refractivity contribution in [1.82, 2.24) is 0 Å². The fourth-order valence-corrected chi connectivity index (χ4v) is 2.06. The van der Waals surface area contributed by atoms with Crippen LogP contribution in [-0.2, 0) is 4.74 Å². The van der Waals surface area contributed by atoms with Crippen LogP contribution in [0.1, 0.15) is 27.7 Å². The fourth-order valence-electron chi connectivity index (χ4n) is 1.39. The Morgan fingerprint density at radius 1 is 1.35 bits per heavy atom. The fraction of sp³-hybridized carbons (Fsp3) is 0.462. The summed E-state index contributed by atoms with van der Waals surface area (Å²) in [4.78, 5) is 13.7. The maximum absolute atomic E-state index is 12.0. The summed E-state index contributed by atoms with van der Waals surface area (Å²) in [6.07, 6.45) is -0.302. The molecule has 17 heavy (non-hydrogen) atoms. The molecule has 1 amide bonds. The Balaban J connectivity index is 2.93. The lowest BCUT2D eigenvalue weighted by atomic mass is 10.2. The quantitative estimate of drug-likeness (QED) is 0.756. The van der Waals surface area contributed by atoms with Crippen LogP contribution in [0.2, 0.25) is 0 Å². The zero-order valence-corrected chi connectivity index (χ0v) is 12.8. The van der Waals surface area contributed by atoms with Gasteiger partial charge in [0.1, 0.15) is 5.60 Å². The van der Waals surface area contributed by atoms with Gasteiger partial charge in [0.05, 0.1) is 5.69 Å². The second-order valence-corrected chi connectivity index (χ2v) is 5.84. The highest BCUT2D eigenvalue weighted by Crippen LogP contribution is 2.23. The number of anilines is 1. The van der Waals surface area contributed by atoms with Gasteiger partial charge in [-0.2, -0.15) is 0 Å². The van der Waals surface area contributed by atoms with E-state index in [1.807, 2.05) is 52.0 Å². The van der Waals surface area contributed by atoms with Crippen LogP contribution in [0.4, 0.5) is 10.5 Å². The number of hydrogen-bond donors (Lipinski definition) is 0. The molecular formula is C13H18INO2. The average Bonchev–Trinajstić information content (AvgIpc) is 2.19. The van der Waals surface area contributed by atoms with Crippen LogP contribution in [0, 0.1) is 3.57 Å². The Morgan fingerprint density at radius 3 is 2.41 bits per heavy atom. The Hall–Kier alpha value is -0.780. The van der Waals surface area contributed by atoms with E-state index in [9.17, 15) is 4.79 Å². The first kappa shape index (κ1) is 14.3. The molecule has 0 spiro atoms. The van der Waals surface area contributed by atoms with Crippen LogP contribution in [0.5, 0.6) is 0 Å². The Bertz CT molecular complexity index is 399. The van der Waals surface area contributed by atoms with E-state index in [0.29, 0.717) is 6.54 Å². The SMILES string of the molecule is CCN(C(=O)OC(C)(C)C)c1ccccc1I. The van der Waals surface area contributed by atoms with Crippen LogP contribution in [0.3, 0.4) is 0 Å². The molecule has 0 aliphatic carbocycles. The van der Waals surface area contributed by atoms with Gasteiger partial charge in [-0.3, -0.25) is 4.90 Å². The zero-order chi connectivity index (χ0) is 13.1. The monoisotopic (exact) mass is 347 g/mol. The number of carbonyl (C=O) groups excluding carboxylic acids is 1. The molecule has 0 bridgehead atoms. The maximum Gasteiger partial charge on any atom is 0.414 e. The second kappa shape index (κ2) is 5.71. The minimum absolute atomic E-state index is 0.302. The lowest BCUT2D eigenvalue weighted by Crippen LogP contribution is -2.37. The predicted molar refractivity (Wildman–Crippen MR) is 78.4 cm³/mol. The lowest BCUT2D eigenvalue weighted by molar-refractivity contribution is 0.0582. The normalized spacial score (nSPS) is 11.1. The number of hydrogen-bond acceptors (Lipinski definition) is 2. The Morgan fingerprint density at radius 2 is 1.94 bits per heavy atom. The van der Waals surface area contributed by atoms with Gasteiger partial charge < -0.3 is 4.74 Å². The highest BCUT2D eigenvalue weighted by Gasteiger charge is 2.23. The van der Waals surface area contributed by atoms with Crippen molar-refractivity contribution < 1.29 is 9.53 Å². The molecule has 0 saturated carbocycles. The molecule has 3 nitrogen and oxygen atoms in total. The summed E-state index contributed by atoms with van der Waals surface area (Å²) in [6, 6.07) is 7.77. The minimum atomic E-state index is -0.468. The highest BCUT2D eigenvalue weighted by molar-refractivity contribution is 14.1. The summed E-state index contributed by atoms with van der Waals surface area (Å²) in [6.45, 7) is 8.14. The van der Waals surface area contributed by atoms with Gasteiger partial charge in [-0.05, 0) is 62.4 Å². The van der Waals surface area contributed by atoms with Crippen molar-refractivity contribution in [2.24, 2.45) is 0 Å². The number of para-hydroxylation sites is 1. The van der Waals surface area contributed by atoms with E-state index in [4.69, 9.17) is 4.74 Å². The molecular weight excluding hydrogens is 329 g/mol. The third-order valence-electron chi connectivity index (χ3n) is 2.07. The first-order valence-corrected chi connectivity index (χ1v) is 6.68. The van der Waals surface area contributed by atoms with E-state index in [0.717, 1.165) is 9.26 Å². The second-order valence-electron chi connectivity index (χ2n) is 4.68. The van der Waals surface area contributed by atoms with Gasteiger partial charge in [-0.15, -0.1) is 0 Å². The average molecular weight is 347 g/mol. The number of amides is 1. The molecule has 4 heteroatoms. The van der Waals surface area contributed by atoms with E-state index < -0.39 is 5.60 Å². The molecule has 0 atom stereocenters. The summed E-state index contributed by atoms with van der Waals surface area (Å²) in [5, 5.41) is 0. The van der Waals surface area contributed by atoms with E-state index in [1.54, 1.807) is 4.90 Å². The topological polar surface area (TPSA) is 29.5 Å². The molecule has 1 aromatic carbocycles. The van der Waals surface area contributed by atoms with E-state index in [-0.39, 0.29) is 6.09 Å². The lowest BCUT2D eigenvalue weighted by Gasteiger charge is -2.27. The molecule has 0 fully saturated rings. The van der Waals surface area contributed by atoms with Crippen molar-refractivity contribution in [3.63, 3.8) is 0 Å². The predicted octanol–water partition coefficient (Wildman–Crippen LogP) is 4.05. The molecule has 0 N–H and O–H groups in total. The molecule has 1 rings (SSSR count). The smallest absolute Gasteiger partial charge is 0.414 e. The number of benzene rings is 1. The van der Waals surface area contributed by atoms with Crippen molar-refractivity contribution in [2.45, 2.75) is 33.3 Å². The number of halogens is 1. The Labute approximate surface area is 116 Å². The number of ether oxygens (including phenoxy) is 1. The van der Waals surface area contributed by atoms with Crippen LogP contribution in [-0.4, -0.2) is 18.2 Å². The first-order valence-electron chi connectivity index (χ1n) is 5.60. The van der Waals surface area contributed by atoms with Gasteiger partial charge in [0, 0.05) is 10.1 Å². The largest absolute Gasteiger partial charge is 0.443 e. The number of rotatable bonds is 2. The maximum atomic E-state index is 12.0. The number of carbonyl (C=O) groups is 1. The molecule has 0 radical (unpaired) electrons. The molecule has 0 saturated heterocycles. The van der Waals surface area contributed by atoms with Gasteiger partial charge in [-0.25, -0.2) is 4.79 Å². The van der Waals surface area contributed by atoms with Crippen LogP contribution in [0.15, 0.2) is 24.3 Å². The Kier molecular flexibility index (Phi) is 4.80. The molecule has 0 aliphatic heterocycles. The van der Waals surface area contributed by atoms with E-state index in [1.165, 1.54) is 0 Å². The summed E-state index contributed by atoms with van der Waals surface area (Å²) >= 11 is 2.22. The van der Waals surface area contributed by atoms with Crippen LogP contribution < -0.4 is 4.90 Å². The molecule has 94 valence electrons. The molecule has 0 aliphatic rings. The standard InChI is InChI=1S/C13H18INO2/c1-5-15(12(16)17-13(2,3)4)11-9-7-6-8-10(11)14/h6-9H,5H2,1-4H3. The van der Waals surface area contributed by atoms with Gasteiger partial charge in [0.25, 0.3) is 0 Å². The molecule has 1 aromatic rings. The summed E-state index contributed by atoms with van der Waals surface area (Å²) in [5.74, 6) is 0. The van der Waals surface area contributed by atoms with Crippen LogP contribution >= 0.6 is 22.6 Å². The molecule has 0 aromatic heterocycles. The highest BCUT2D eigenvalue weighted by atomic mass is 127. The van der Waals surface area contributed by atoms with Crippen molar-refractivity contribution in [3.8, 4) is 0 Å². The minimum Gasteiger partial charge on any atom is -0.443 e. The van der Waals surface area contributed by atoms with Gasteiger partial charge in [-0.1, -0.05) is 12.1 Å². The molecule has 0 heterocycles. The molecule has 0 unspecified atom stereocenters.